The maximum atomic E-state index is 13.0. The van der Waals surface area contributed by atoms with E-state index >= 15 is 0 Å². The van der Waals surface area contributed by atoms with Crippen molar-refractivity contribution in [3.05, 3.63) is 46.8 Å². The fourth-order valence-electron chi connectivity index (χ4n) is 2.98. The molecule has 1 aliphatic carbocycles. The predicted molar refractivity (Wildman–Crippen MR) is 96.7 cm³/mol. The number of ether oxygens (including phenoxy) is 1. The van der Waals surface area contributed by atoms with Crippen LogP contribution in [0.2, 0.25) is 0 Å². The number of carbonyl (C=O) groups is 2. The van der Waals surface area contributed by atoms with Crippen molar-refractivity contribution in [1.82, 2.24) is 14.7 Å². The minimum absolute atomic E-state index is 0.00314. The van der Waals surface area contributed by atoms with Gasteiger partial charge in [-0.15, -0.1) is 0 Å². The number of carbonyl (C=O) groups excluding carboxylic acids is 2. The van der Waals surface area contributed by atoms with Crippen molar-refractivity contribution in [3.8, 4) is 5.75 Å². The Morgan fingerprint density at radius 2 is 1.92 bits per heavy atom. The molecule has 2 amide bonds. The Morgan fingerprint density at radius 1 is 1.27 bits per heavy atom. The molecule has 1 fully saturated rings. The zero-order chi connectivity index (χ0) is 18.8. The molecule has 7 heteroatoms. The Kier molecular flexibility index (Phi) is 4.97. The first-order valence-corrected chi connectivity index (χ1v) is 8.68. The summed E-state index contributed by atoms with van der Waals surface area (Å²) in [5.74, 6) is -0.0267. The van der Waals surface area contributed by atoms with Gasteiger partial charge in [0.15, 0.2) is 6.61 Å². The molecule has 0 bridgehead atoms. The van der Waals surface area contributed by atoms with Crippen LogP contribution < -0.4 is 10.5 Å². The van der Waals surface area contributed by atoms with Crippen molar-refractivity contribution >= 4 is 11.8 Å². The van der Waals surface area contributed by atoms with Crippen molar-refractivity contribution in [2.45, 2.75) is 39.3 Å². The number of primary amides is 1. The van der Waals surface area contributed by atoms with Gasteiger partial charge in [0.25, 0.3) is 11.8 Å². The number of amides is 2. The lowest BCUT2D eigenvalue weighted by Crippen LogP contribution is -2.33. The third-order valence-corrected chi connectivity index (χ3v) is 4.72. The van der Waals surface area contributed by atoms with Gasteiger partial charge in [0, 0.05) is 36.5 Å². The van der Waals surface area contributed by atoms with Crippen molar-refractivity contribution in [3.63, 3.8) is 0 Å². The highest BCUT2D eigenvalue weighted by molar-refractivity contribution is 5.94. The SMILES string of the molecule is Cc1nn(C)c(C)c1CN(C(=O)c1ccc(OCC(N)=O)cc1)C1CC1. The van der Waals surface area contributed by atoms with E-state index < -0.39 is 5.91 Å². The van der Waals surface area contributed by atoms with Gasteiger partial charge >= 0.3 is 0 Å². The van der Waals surface area contributed by atoms with Gasteiger partial charge in [-0.1, -0.05) is 0 Å². The molecule has 26 heavy (non-hydrogen) atoms. The molecule has 1 saturated carbocycles. The van der Waals surface area contributed by atoms with Gasteiger partial charge in [-0.05, 0) is 51.0 Å². The molecule has 0 unspecified atom stereocenters. The Morgan fingerprint density at radius 3 is 2.42 bits per heavy atom. The molecular formula is C19H24N4O3. The highest BCUT2D eigenvalue weighted by Crippen LogP contribution is 2.31. The number of aromatic nitrogens is 2. The summed E-state index contributed by atoms with van der Waals surface area (Å²) >= 11 is 0. The summed E-state index contributed by atoms with van der Waals surface area (Å²) in [6.45, 7) is 4.38. The highest BCUT2D eigenvalue weighted by Gasteiger charge is 2.34. The molecule has 1 heterocycles. The minimum atomic E-state index is -0.535. The molecule has 7 nitrogen and oxygen atoms in total. The van der Waals surface area contributed by atoms with Crippen LogP contribution in [-0.4, -0.2) is 39.1 Å². The van der Waals surface area contributed by atoms with Crippen LogP contribution in [0, 0.1) is 13.8 Å². The fraction of sp³-hybridized carbons (Fsp3) is 0.421. The third-order valence-electron chi connectivity index (χ3n) is 4.72. The second-order valence-electron chi connectivity index (χ2n) is 6.72. The molecule has 0 spiro atoms. The van der Waals surface area contributed by atoms with E-state index in [9.17, 15) is 9.59 Å². The molecule has 138 valence electrons. The number of hydrogen-bond donors (Lipinski definition) is 1. The number of nitrogens with zero attached hydrogens (tertiary/aromatic N) is 3. The van der Waals surface area contributed by atoms with Gasteiger partial charge in [-0.3, -0.25) is 14.3 Å². The number of benzene rings is 1. The number of aryl methyl sites for hydroxylation is 2. The summed E-state index contributed by atoms with van der Waals surface area (Å²) < 4.78 is 7.09. The lowest BCUT2D eigenvalue weighted by atomic mass is 10.1. The molecule has 1 aromatic heterocycles. The first-order chi connectivity index (χ1) is 12.4. The number of rotatable bonds is 7. The number of nitrogens with two attached hydrogens (primary N) is 1. The zero-order valence-corrected chi connectivity index (χ0v) is 15.4. The van der Waals surface area contributed by atoms with Crippen molar-refractivity contribution in [2.24, 2.45) is 12.8 Å². The van der Waals surface area contributed by atoms with E-state index in [0.717, 1.165) is 29.8 Å². The lowest BCUT2D eigenvalue weighted by molar-refractivity contribution is -0.119. The first kappa shape index (κ1) is 18.0. The average molecular weight is 356 g/mol. The van der Waals surface area contributed by atoms with Crippen LogP contribution in [0.3, 0.4) is 0 Å². The molecule has 0 radical (unpaired) electrons. The smallest absolute Gasteiger partial charge is 0.255 e. The normalized spacial score (nSPS) is 13.5. The van der Waals surface area contributed by atoms with E-state index in [4.69, 9.17) is 10.5 Å². The van der Waals surface area contributed by atoms with Crippen LogP contribution in [0.5, 0.6) is 5.75 Å². The van der Waals surface area contributed by atoms with E-state index in [-0.39, 0.29) is 18.6 Å². The molecule has 0 atom stereocenters. The van der Waals surface area contributed by atoms with Crippen molar-refractivity contribution < 1.29 is 14.3 Å². The van der Waals surface area contributed by atoms with Crippen molar-refractivity contribution in [2.75, 3.05) is 6.61 Å². The summed E-state index contributed by atoms with van der Waals surface area (Å²) in [6.07, 6.45) is 2.06. The van der Waals surface area contributed by atoms with Crippen LogP contribution in [0.15, 0.2) is 24.3 Å². The molecule has 0 saturated heterocycles. The monoisotopic (exact) mass is 356 g/mol. The Bertz CT molecular complexity index is 822. The quantitative estimate of drug-likeness (QED) is 0.818. The van der Waals surface area contributed by atoms with E-state index in [1.54, 1.807) is 24.3 Å². The lowest BCUT2D eigenvalue weighted by Gasteiger charge is -2.23. The molecule has 0 aliphatic heterocycles. The van der Waals surface area contributed by atoms with E-state index in [1.807, 2.05) is 30.5 Å². The maximum absolute atomic E-state index is 13.0. The maximum Gasteiger partial charge on any atom is 0.255 e. The molecule has 2 aromatic rings. The molecule has 1 aliphatic rings. The summed E-state index contributed by atoms with van der Waals surface area (Å²) in [5, 5.41) is 4.45. The summed E-state index contributed by atoms with van der Waals surface area (Å²) in [5.41, 5.74) is 8.81. The Balaban J connectivity index is 1.76. The molecule has 3 rings (SSSR count). The van der Waals surface area contributed by atoms with Crippen LogP contribution in [0.1, 0.15) is 40.2 Å². The van der Waals surface area contributed by atoms with E-state index in [0.29, 0.717) is 17.9 Å². The van der Waals surface area contributed by atoms with Gasteiger partial charge < -0.3 is 15.4 Å². The zero-order valence-electron chi connectivity index (χ0n) is 15.4. The first-order valence-electron chi connectivity index (χ1n) is 8.68. The topological polar surface area (TPSA) is 90.4 Å². The second-order valence-corrected chi connectivity index (χ2v) is 6.72. The Hall–Kier alpha value is -2.83. The van der Waals surface area contributed by atoms with Crippen molar-refractivity contribution in [1.29, 1.82) is 0 Å². The average Bonchev–Trinajstić information content (AvgIpc) is 3.41. The third kappa shape index (κ3) is 3.87. The fourth-order valence-corrected chi connectivity index (χ4v) is 2.98. The molecule has 2 N–H and O–H groups in total. The van der Waals surface area contributed by atoms with Gasteiger partial charge in [-0.2, -0.15) is 5.10 Å². The van der Waals surface area contributed by atoms with Gasteiger partial charge in [-0.25, -0.2) is 0 Å². The van der Waals surface area contributed by atoms with Crippen LogP contribution in [-0.2, 0) is 18.4 Å². The summed E-state index contributed by atoms with van der Waals surface area (Å²) in [7, 11) is 1.92. The largest absolute Gasteiger partial charge is 0.484 e. The Labute approximate surface area is 152 Å². The van der Waals surface area contributed by atoms with Gasteiger partial charge in [0.1, 0.15) is 5.75 Å². The van der Waals surface area contributed by atoms with Gasteiger partial charge in [0.05, 0.1) is 5.69 Å². The predicted octanol–water partition coefficient (Wildman–Crippen LogP) is 1.71. The number of hydrogen-bond acceptors (Lipinski definition) is 4. The van der Waals surface area contributed by atoms with Crippen LogP contribution >= 0.6 is 0 Å². The van der Waals surface area contributed by atoms with E-state index in [1.165, 1.54) is 0 Å². The minimum Gasteiger partial charge on any atom is -0.484 e. The molecule has 1 aromatic carbocycles. The van der Waals surface area contributed by atoms with Crippen LogP contribution in [0.25, 0.3) is 0 Å². The highest BCUT2D eigenvalue weighted by atomic mass is 16.5. The summed E-state index contributed by atoms with van der Waals surface area (Å²) in [4.78, 5) is 25.7. The standard InChI is InChI=1S/C19H24N4O3/c1-12-17(13(2)22(3)21-12)10-23(15-6-7-15)19(25)14-4-8-16(9-5-14)26-11-18(20)24/h4-5,8-9,15H,6-7,10-11H2,1-3H3,(H2,20,24). The molecular weight excluding hydrogens is 332 g/mol. The van der Waals surface area contributed by atoms with Crippen LogP contribution in [0.4, 0.5) is 0 Å². The second kappa shape index (κ2) is 7.19. The van der Waals surface area contributed by atoms with E-state index in [2.05, 4.69) is 5.10 Å². The summed E-state index contributed by atoms with van der Waals surface area (Å²) in [6, 6.07) is 7.09. The van der Waals surface area contributed by atoms with Gasteiger partial charge in [0.2, 0.25) is 0 Å².